The van der Waals surface area contributed by atoms with E-state index in [0.29, 0.717) is 25.1 Å². The van der Waals surface area contributed by atoms with E-state index in [9.17, 15) is 9.59 Å². The van der Waals surface area contributed by atoms with Gasteiger partial charge in [0.05, 0.1) is 13.2 Å². The molecule has 0 saturated carbocycles. The summed E-state index contributed by atoms with van der Waals surface area (Å²) >= 11 is 1.70. The number of rotatable bonds is 5. The summed E-state index contributed by atoms with van der Waals surface area (Å²) in [7, 11) is 3.45. The Morgan fingerprint density at radius 2 is 1.77 bits per heavy atom. The average molecular weight is 435 g/mol. The van der Waals surface area contributed by atoms with Crippen molar-refractivity contribution in [1.82, 2.24) is 9.80 Å². The van der Waals surface area contributed by atoms with Crippen LogP contribution in [0, 0.1) is 0 Å². The largest absolute Gasteiger partial charge is 0.361 e. The predicted molar refractivity (Wildman–Crippen MR) is 123 cm³/mol. The molecule has 4 rings (SSSR count). The minimum atomic E-state index is -1.10. The van der Waals surface area contributed by atoms with Crippen LogP contribution in [0.4, 0.5) is 0 Å². The van der Waals surface area contributed by atoms with Crippen LogP contribution in [0.3, 0.4) is 0 Å². The van der Waals surface area contributed by atoms with Gasteiger partial charge < -0.3 is 14.5 Å². The second kappa shape index (κ2) is 9.04. The monoisotopic (exact) mass is 434 g/mol. The van der Waals surface area contributed by atoms with Crippen molar-refractivity contribution < 1.29 is 14.3 Å². The Bertz CT molecular complexity index is 1030. The maximum absolute atomic E-state index is 13.2. The summed E-state index contributed by atoms with van der Waals surface area (Å²) in [6, 6.07) is 21.5. The fraction of sp³-hybridized carbons (Fsp3) is 0.280. The van der Waals surface area contributed by atoms with Gasteiger partial charge in [-0.2, -0.15) is 0 Å². The number of hydrogen-bond acceptors (Lipinski definition) is 4. The van der Waals surface area contributed by atoms with Crippen molar-refractivity contribution in [3.63, 3.8) is 0 Å². The molecule has 1 atom stereocenters. The topological polar surface area (TPSA) is 49.9 Å². The molecule has 1 aromatic heterocycles. The lowest BCUT2D eigenvalue weighted by Gasteiger charge is -2.43. The van der Waals surface area contributed by atoms with Gasteiger partial charge in [0.15, 0.2) is 5.60 Å². The highest BCUT2D eigenvalue weighted by molar-refractivity contribution is 7.13. The van der Waals surface area contributed by atoms with Gasteiger partial charge >= 0.3 is 0 Å². The molecule has 0 spiro atoms. The average Bonchev–Trinajstić information content (AvgIpc) is 3.34. The van der Waals surface area contributed by atoms with Crippen LogP contribution in [0.15, 0.2) is 72.1 Å². The Balaban J connectivity index is 1.59. The number of nitrogens with zero attached hydrogens (tertiary/aromatic N) is 2. The maximum Gasteiger partial charge on any atom is 0.256 e. The first-order valence-corrected chi connectivity index (χ1v) is 11.2. The standard InChI is InChI=1S/C25H26N2O3S/c1-26(2)24(29)25(17-19-10-12-20(13-11-19)22-9-6-16-31-22)18-27(14-15-30-25)23(28)21-7-4-3-5-8-21/h3-13,16H,14-15,17-18H2,1-2H3/t25-/m1/s1. The number of hydrogen-bond donors (Lipinski definition) is 0. The summed E-state index contributed by atoms with van der Waals surface area (Å²) in [4.78, 5) is 30.8. The van der Waals surface area contributed by atoms with Crippen LogP contribution in [0.25, 0.3) is 10.4 Å². The molecule has 0 bridgehead atoms. The quantitative estimate of drug-likeness (QED) is 0.611. The Morgan fingerprint density at radius 1 is 1.03 bits per heavy atom. The lowest BCUT2D eigenvalue weighted by Crippen LogP contribution is -2.61. The van der Waals surface area contributed by atoms with E-state index in [0.717, 1.165) is 11.1 Å². The Morgan fingerprint density at radius 3 is 2.42 bits per heavy atom. The molecule has 0 N–H and O–H groups in total. The van der Waals surface area contributed by atoms with Crippen molar-refractivity contribution in [2.45, 2.75) is 12.0 Å². The van der Waals surface area contributed by atoms with Gasteiger partial charge in [-0.3, -0.25) is 9.59 Å². The molecule has 1 saturated heterocycles. The van der Waals surface area contributed by atoms with Gasteiger partial charge in [-0.1, -0.05) is 48.5 Å². The van der Waals surface area contributed by atoms with Crippen LogP contribution in [0.1, 0.15) is 15.9 Å². The first-order valence-electron chi connectivity index (χ1n) is 10.3. The highest BCUT2D eigenvalue weighted by atomic mass is 32.1. The SMILES string of the molecule is CN(C)C(=O)[C@@]1(Cc2ccc(-c3cccs3)cc2)CN(C(=O)c2ccccc2)CCO1. The van der Waals surface area contributed by atoms with Crippen molar-refractivity contribution in [2.24, 2.45) is 0 Å². The molecular weight excluding hydrogens is 408 g/mol. The predicted octanol–water partition coefficient (Wildman–Crippen LogP) is 3.96. The van der Waals surface area contributed by atoms with E-state index in [1.165, 1.54) is 4.88 Å². The van der Waals surface area contributed by atoms with E-state index in [1.807, 2.05) is 36.4 Å². The van der Waals surface area contributed by atoms with E-state index in [4.69, 9.17) is 4.74 Å². The van der Waals surface area contributed by atoms with Crippen LogP contribution < -0.4 is 0 Å². The second-order valence-corrected chi connectivity index (χ2v) is 8.93. The smallest absolute Gasteiger partial charge is 0.256 e. The molecular formula is C25H26N2O3S. The highest BCUT2D eigenvalue weighted by Crippen LogP contribution is 2.29. The minimum Gasteiger partial charge on any atom is -0.361 e. The molecule has 0 radical (unpaired) electrons. The van der Waals surface area contributed by atoms with Gasteiger partial charge in [-0.25, -0.2) is 0 Å². The van der Waals surface area contributed by atoms with Gasteiger partial charge in [-0.05, 0) is 34.7 Å². The van der Waals surface area contributed by atoms with Gasteiger partial charge in [-0.15, -0.1) is 11.3 Å². The molecule has 5 nitrogen and oxygen atoms in total. The number of amides is 2. The van der Waals surface area contributed by atoms with Gasteiger partial charge in [0, 0.05) is 37.5 Å². The number of carbonyl (C=O) groups is 2. The Hall–Kier alpha value is -2.96. The zero-order valence-corrected chi connectivity index (χ0v) is 18.6. The minimum absolute atomic E-state index is 0.0760. The molecule has 6 heteroatoms. The zero-order valence-electron chi connectivity index (χ0n) is 17.8. The first-order chi connectivity index (χ1) is 15.0. The fourth-order valence-electron chi connectivity index (χ4n) is 4.00. The van der Waals surface area contributed by atoms with Crippen molar-refractivity contribution in [3.8, 4) is 10.4 Å². The lowest BCUT2D eigenvalue weighted by atomic mass is 9.90. The van der Waals surface area contributed by atoms with E-state index < -0.39 is 5.60 Å². The van der Waals surface area contributed by atoms with E-state index in [2.05, 4.69) is 23.6 Å². The summed E-state index contributed by atoms with van der Waals surface area (Å²) in [6.45, 7) is 1.02. The van der Waals surface area contributed by atoms with Gasteiger partial charge in [0.25, 0.3) is 11.8 Å². The Kier molecular flexibility index (Phi) is 6.20. The molecule has 2 heterocycles. The van der Waals surface area contributed by atoms with E-state index >= 15 is 0 Å². The van der Waals surface area contributed by atoms with Crippen LogP contribution >= 0.6 is 11.3 Å². The van der Waals surface area contributed by atoms with Gasteiger partial charge in [0.1, 0.15) is 0 Å². The Labute approximate surface area is 186 Å². The van der Waals surface area contributed by atoms with Crippen molar-refractivity contribution in [3.05, 3.63) is 83.2 Å². The van der Waals surface area contributed by atoms with Crippen LogP contribution in [0.2, 0.25) is 0 Å². The third-order valence-corrected chi connectivity index (χ3v) is 6.46. The number of benzene rings is 2. The number of carbonyl (C=O) groups excluding carboxylic acids is 2. The van der Waals surface area contributed by atoms with Gasteiger partial charge in [0.2, 0.25) is 0 Å². The van der Waals surface area contributed by atoms with Crippen LogP contribution in [-0.2, 0) is 16.0 Å². The number of ether oxygens (including phenoxy) is 1. The second-order valence-electron chi connectivity index (χ2n) is 7.99. The molecule has 0 aliphatic carbocycles. The molecule has 160 valence electrons. The van der Waals surface area contributed by atoms with Crippen molar-refractivity contribution in [2.75, 3.05) is 33.8 Å². The summed E-state index contributed by atoms with van der Waals surface area (Å²) < 4.78 is 6.13. The zero-order chi connectivity index (χ0) is 21.8. The van der Waals surface area contributed by atoms with Crippen molar-refractivity contribution in [1.29, 1.82) is 0 Å². The molecule has 0 unspecified atom stereocenters. The summed E-state index contributed by atoms with van der Waals surface area (Å²) in [5.41, 5.74) is 1.67. The normalized spacial score (nSPS) is 18.6. The van der Waals surface area contributed by atoms with Crippen LogP contribution in [0.5, 0.6) is 0 Å². The molecule has 1 aliphatic rings. The number of morpholine rings is 1. The molecule has 2 amide bonds. The summed E-state index contributed by atoms with van der Waals surface area (Å²) in [5.74, 6) is -0.201. The third-order valence-electron chi connectivity index (χ3n) is 5.54. The van der Waals surface area contributed by atoms with Crippen molar-refractivity contribution >= 4 is 23.2 Å². The maximum atomic E-state index is 13.2. The fourth-order valence-corrected chi connectivity index (χ4v) is 4.73. The molecule has 31 heavy (non-hydrogen) atoms. The number of thiophene rings is 1. The van der Waals surface area contributed by atoms with E-state index in [1.54, 1.807) is 47.4 Å². The summed E-state index contributed by atoms with van der Waals surface area (Å²) in [6.07, 6.45) is 0.410. The first kappa shape index (κ1) is 21.3. The molecule has 2 aromatic carbocycles. The highest BCUT2D eigenvalue weighted by Gasteiger charge is 2.46. The number of likely N-dealkylation sites (N-methyl/N-ethyl adjacent to an activating group) is 1. The molecule has 1 fully saturated rings. The molecule has 1 aliphatic heterocycles. The molecule has 3 aromatic rings. The van der Waals surface area contributed by atoms with Crippen LogP contribution in [-0.4, -0.2) is 61.0 Å². The summed E-state index contributed by atoms with van der Waals surface area (Å²) in [5, 5.41) is 2.06. The lowest BCUT2D eigenvalue weighted by molar-refractivity contribution is -0.165. The third kappa shape index (κ3) is 4.55. The van der Waals surface area contributed by atoms with E-state index in [-0.39, 0.29) is 18.4 Å².